The number of hydrogen-bond donors (Lipinski definition) is 2. The molecule has 188 valence electrons. The number of carbonyl (C=O) groups excluding carboxylic acids is 2. The van der Waals surface area contributed by atoms with Crippen LogP contribution in [0.3, 0.4) is 0 Å². The number of methoxy groups -OCH3 is 1. The fourth-order valence-corrected chi connectivity index (χ4v) is 5.71. The summed E-state index contributed by atoms with van der Waals surface area (Å²) < 4.78 is 30.0. The van der Waals surface area contributed by atoms with Crippen molar-refractivity contribution in [2.24, 2.45) is 11.0 Å². The van der Waals surface area contributed by atoms with Gasteiger partial charge in [0.25, 0.3) is 11.5 Å². The monoisotopic (exact) mass is 498 g/mol. The van der Waals surface area contributed by atoms with Gasteiger partial charge in [0, 0.05) is 33.0 Å². The van der Waals surface area contributed by atoms with Crippen LogP contribution < -0.4 is 21.9 Å². The van der Waals surface area contributed by atoms with Crippen LogP contribution in [-0.4, -0.2) is 78.3 Å². The predicted octanol–water partition coefficient (Wildman–Crippen LogP) is -1.08. The first-order valence-corrected chi connectivity index (χ1v) is 12.8. The lowest BCUT2D eigenvalue weighted by Gasteiger charge is -2.30. The highest BCUT2D eigenvalue weighted by Crippen LogP contribution is 2.24. The van der Waals surface area contributed by atoms with Gasteiger partial charge in [0.15, 0.2) is 15.5 Å². The number of nitrogens with two attached hydrogens (primary N) is 1. The van der Waals surface area contributed by atoms with Crippen LogP contribution in [0.4, 0.5) is 11.5 Å². The number of hydrazone groups is 1. The third-order valence-corrected chi connectivity index (χ3v) is 7.41. The van der Waals surface area contributed by atoms with Crippen LogP contribution in [0.15, 0.2) is 14.7 Å². The van der Waals surface area contributed by atoms with Gasteiger partial charge in [-0.25, -0.2) is 18.2 Å². The van der Waals surface area contributed by atoms with E-state index in [-0.39, 0.29) is 79.5 Å². The van der Waals surface area contributed by atoms with Crippen molar-refractivity contribution < 1.29 is 22.7 Å². The maximum Gasteiger partial charge on any atom is 0.330 e. The minimum absolute atomic E-state index is 0.0135. The summed E-state index contributed by atoms with van der Waals surface area (Å²) in [6, 6.07) is -0.644. The first-order valence-electron chi connectivity index (χ1n) is 11.0. The molecule has 1 saturated heterocycles. The fraction of sp³-hybridized carbons (Fsp3) is 0.650. The topological polar surface area (TPSA) is 177 Å². The lowest BCUT2D eigenvalue weighted by molar-refractivity contribution is -0.133. The number of sulfone groups is 1. The van der Waals surface area contributed by atoms with E-state index >= 15 is 0 Å². The number of nitrogen functional groups attached to an aromatic ring is 1. The summed E-state index contributed by atoms with van der Waals surface area (Å²) in [5.41, 5.74) is 4.44. The van der Waals surface area contributed by atoms with Gasteiger partial charge in [-0.05, 0) is 12.3 Å². The summed E-state index contributed by atoms with van der Waals surface area (Å²) in [6.45, 7) is 3.96. The maximum atomic E-state index is 13.5. The molecule has 1 aromatic heterocycles. The summed E-state index contributed by atoms with van der Waals surface area (Å²) in [7, 11) is -1.85. The van der Waals surface area contributed by atoms with Gasteiger partial charge in [-0.1, -0.05) is 13.8 Å². The molecule has 2 aliphatic rings. The maximum absolute atomic E-state index is 13.5. The molecule has 3 rings (SSSR count). The van der Waals surface area contributed by atoms with Gasteiger partial charge in [0.2, 0.25) is 5.91 Å². The molecule has 1 atom stereocenters. The van der Waals surface area contributed by atoms with Crippen LogP contribution in [0.5, 0.6) is 0 Å². The van der Waals surface area contributed by atoms with Crippen LogP contribution in [0.1, 0.15) is 33.1 Å². The Morgan fingerprint density at radius 3 is 2.59 bits per heavy atom. The van der Waals surface area contributed by atoms with Gasteiger partial charge >= 0.3 is 5.69 Å². The van der Waals surface area contributed by atoms with Crippen LogP contribution in [-0.2, 0) is 30.7 Å². The largest absolute Gasteiger partial charge is 0.383 e. The summed E-state index contributed by atoms with van der Waals surface area (Å²) >= 11 is 0. The molecule has 34 heavy (non-hydrogen) atoms. The van der Waals surface area contributed by atoms with E-state index in [0.717, 1.165) is 9.91 Å². The zero-order valence-corrected chi connectivity index (χ0v) is 20.3. The molecule has 3 heterocycles. The third kappa shape index (κ3) is 5.38. The smallest absolute Gasteiger partial charge is 0.330 e. The molecule has 0 aliphatic carbocycles. The second kappa shape index (κ2) is 10.1. The number of amides is 2. The summed E-state index contributed by atoms with van der Waals surface area (Å²) in [5.74, 6) is -1.45. The lowest BCUT2D eigenvalue weighted by Crippen LogP contribution is -2.48. The van der Waals surface area contributed by atoms with E-state index in [1.54, 1.807) is 0 Å². The molecule has 0 radical (unpaired) electrons. The van der Waals surface area contributed by atoms with Gasteiger partial charge in [-0.3, -0.25) is 28.8 Å². The highest BCUT2D eigenvalue weighted by atomic mass is 32.2. The minimum Gasteiger partial charge on any atom is -0.383 e. The molecular formula is C20H30N6O7S. The van der Waals surface area contributed by atoms with E-state index in [1.807, 2.05) is 13.8 Å². The Balaban J connectivity index is 2.03. The number of nitrogens with one attached hydrogen (secondary N) is 1. The normalized spacial score (nSPS) is 20.0. The zero-order valence-electron chi connectivity index (χ0n) is 19.4. The van der Waals surface area contributed by atoms with Crippen LogP contribution in [0.2, 0.25) is 0 Å². The van der Waals surface area contributed by atoms with Crippen molar-refractivity contribution in [2.75, 3.05) is 42.4 Å². The van der Waals surface area contributed by atoms with Crippen molar-refractivity contribution in [1.29, 1.82) is 0 Å². The zero-order chi connectivity index (χ0) is 25.2. The second-order valence-corrected chi connectivity index (χ2v) is 11.0. The van der Waals surface area contributed by atoms with Gasteiger partial charge in [-0.2, -0.15) is 5.10 Å². The molecule has 13 nitrogen and oxygen atoms in total. The number of carbonyl (C=O) groups is 2. The van der Waals surface area contributed by atoms with Gasteiger partial charge < -0.3 is 10.5 Å². The quantitative estimate of drug-likeness (QED) is 0.454. The Morgan fingerprint density at radius 2 is 2.00 bits per heavy atom. The van der Waals surface area contributed by atoms with Crippen molar-refractivity contribution in [3.63, 3.8) is 0 Å². The van der Waals surface area contributed by atoms with Crippen molar-refractivity contribution in [3.8, 4) is 0 Å². The molecule has 1 fully saturated rings. The van der Waals surface area contributed by atoms with Crippen LogP contribution in [0, 0.1) is 5.92 Å². The van der Waals surface area contributed by atoms with E-state index in [9.17, 15) is 27.6 Å². The number of ether oxygens (including phenoxy) is 1. The molecule has 14 heteroatoms. The Bertz CT molecular complexity index is 1220. The Morgan fingerprint density at radius 1 is 1.29 bits per heavy atom. The van der Waals surface area contributed by atoms with Gasteiger partial charge in [0.05, 0.1) is 24.2 Å². The highest BCUT2D eigenvalue weighted by Gasteiger charge is 2.38. The number of nitrogens with zero attached hydrogens (tertiary/aromatic N) is 4. The molecular weight excluding hydrogens is 468 g/mol. The number of hydrogen-bond acceptors (Lipinski definition) is 9. The molecule has 2 aliphatic heterocycles. The Labute approximate surface area is 196 Å². The molecule has 0 bridgehead atoms. The standard InChI is InChI=1S/C20H30N6O7S/c1-12(2)10-25-17(21)16(18(28)22-20(25)30)24(7-8-33-3)19(29)14-4-5-15(27)26(23-14)13-6-9-34(31,32)11-13/h12-13H,4-11,21H2,1-3H3,(H,22,28,30). The van der Waals surface area contributed by atoms with Crippen molar-refractivity contribution >= 4 is 38.9 Å². The number of H-pyrrole nitrogens is 1. The Kier molecular flexibility index (Phi) is 7.60. The van der Waals surface area contributed by atoms with Crippen molar-refractivity contribution in [3.05, 3.63) is 20.8 Å². The average molecular weight is 499 g/mol. The Hall–Kier alpha value is -3.00. The van der Waals surface area contributed by atoms with Gasteiger partial charge in [0.1, 0.15) is 11.5 Å². The molecule has 0 spiro atoms. The van der Waals surface area contributed by atoms with E-state index in [0.29, 0.717) is 0 Å². The number of anilines is 2. The first kappa shape index (κ1) is 25.6. The van der Waals surface area contributed by atoms with E-state index in [1.165, 1.54) is 11.7 Å². The molecule has 3 N–H and O–H groups in total. The van der Waals surface area contributed by atoms with Crippen LogP contribution in [0.25, 0.3) is 0 Å². The van der Waals surface area contributed by atoms with Crippen molar-refractivity contribution in [1.82, 2.24) is 14.6 Å². The van der Waals surface area contributed by atoms with Crippen molar-refractivity contribution in [2.45, 2.75) is 45.7 Å². The summed E-state index contributed by atoms with van der Waals surface area (Å²) in [6.07, 6.45) is 0.220. The molecule has 1 unspecified atom stereocenters. The van der Waals surface area contributed by atoms with E-state index < -0.39 is 33.0 Å². The molecule has 2 amide bonds. The molecule has 1 aromatic rings. The minimum atomic E-state index is -3.28. The average Bonchev–Trinajstić information content (AvgIpc) is 3.12. The first-order chi connectivity index (χ1) is 15.9. The number of rotatable bonds is 8. The molecule has 0 aromatic carbocycles. The predicted molar refractivity (Wildman–Crippen MR) is 125 cm³/mol. The molecule has 0 saturated carbocycles. The summed E-state index contributed by atoms with van der Waals surface area (Å²) in [4.78, 5) is 54.3. The van der Waals surface area contributed by atoms with Crippen LogP contribution >= 0.6 is 0 Å². The highest BCUT2D eigenvalue weighted by molar-refractivity contribution is 7.91. The second-order valence-electron chi connectivity index (χ2n) is 8.79. The van der Waals surface area contributed by atoms with Gasteiger partial charge in [-0.15, -0.1) is 0 Å². The summed E-state index contributed by atoms with van der Waals surface area (Å²) in [5, 5.41) is 5.27. The number of aromatic amines is 1. The van der Waals surface area contributed by atoms with E-state index in [2.05, 4.69) is 10.1 Å². The SMILES string of the molecule is COCCN(C(=O)C1=NN(C2CCS(=O)(=O)C2)C(=O)CC1)c1c(N)n(CC(C)C)c(=O)[nH]c1=O. The third-order valence-electron chi connectivity index (χ3n) is 5.66. The number of aromatic nitrogens is 2. The lowest BCUT2D eigenvalue weighted by atomic mass is 10.1. The van der Waals surface area contributed by atoms with E-state index in [4.69, 9.17) is 10.5 Å². The fourth-order valence-electron chi connectivity index (χ4n) is 4.02.